The third-order valence-corrected chi connectivity index (χ3v) is 1.72. The minimum absolute atomic E-state index is 0.411. The zero-order valence-electron chi connectivity index (χ0n) is 16.4. The molecular weight excluding hydrogens is 228 g/mol. The molecule has 98 valence electrons. The predicted molar refractivity (Wildman–Crippen MR) is 59.9 cm³/mol. The number of amides is 1. The first-order chi connectivity index (χ1) is 10.6. The van der Waals surface area contributed by atoms with Gasteiger partial charge in [-0.2, -0.15) is 0 Å². The van der Waals surface area contributed by atoms with Gasteiger partial charge in [-0.1, -0.05) is 0 Å². The number of rotatable bonds is 6. The van der Waals surface area contributed by atoms with Gasteiger partial charge < -0.3 is 10.1 Å². The number of carbonyl (C=O) groups is 2. The summed E-state index contributed by atoms with van der Waals surface area (Å²) in [6, 6.07) is -3.52. The Bertz CT molecular complexity index is 521. The van der Waals surface area contributed by atoms with Crippen LogP contribution in [0.3, 0.4) is 0 Å². The minimum atomic E-state index is -3.63. The van der Waals surface area contributed by atoms with Crippen molar-refractivity contribution in [2.45, 2.75) is 33.6 Å². The number of nitro groups is 1. The summed E-state index contributed by atoms with van der Waals surface area (Å²) in [7, 11) is 0. The Morgan fingerprint density at radius 2 is 2.35 bits per heavy atom. The van der Waals surface area contributed by atoms with Crippen molar-refractivity contribution in [2.75, 3.05) is 13.2 Å². The highest BCUT2D eigenvalue weighted by molar-refractivity contribution is 5.79. The van der Waals surface area contributed by atoms with Crippen molar-refractivity contribution in [3.05, 3.63) is 10.1 Å². The number of hydrogen-bond donors (Lipinski definition) is 1. The normalized spacial score (nSPS) is 24.9. The van der Waals surface area contributed by atoms with Crippen molar-refractivity contribution in [1.29, 1.82) is 0 Å². The van der Waals surface area contributed by atoms with Crippen molar-refractivity contribution in [3.63, 3.8) is 0 Å². The largest absolute Gasteiger partial charge is 0.465 e. The smallest absolute Gasteiger partial charge is 0.320 e. The van der Waals surface area contributed by atoms with Crippen LogP contribution in [0, 0.1) is 15.5 Å². The quantitative estimate of drug-likeness (QED) is 0.418. The highest BCUT2D eigenvalue weighted by Crippen LogP contribution is 2.24. The number of ether oxygens (including phenoxy) is 1. The standard InChI is InChI=1S/C10H18N2O5/c1-5-17-9(14)10(4,6-12(15)16)7(2)11-8(3)13/h7H,5-6H2,1-4H3,(H,11,13)/t7-,10-/m0/s1/i2D3,4D3,7D. The molecule has 0 rings (SSSR count). The van der Waals surface area contributed by atoms with Gasteiger partial charge in [0.25, 0.3) is 0 Å². The average molecular weight is 253 g/mol. The van der Waals surface area contributed by atoms with Crippen LogP contribution in [0.2, 0.25) is 0 Å². The number of carbonyl (C=O) groups excluding carboxylic acids is 2. The van der Waals surface area contributed by atoms with Crippen LogP contribution in [0.1, 0.15) is 37.1 Å². The van der Waals surface area contributed by atoms with Gasteiger partial charge in [0.05, 0.1) is 7.98 Å². The van der Waals surface area contributed by atoms with Crippen molar-refractivity contribution < 1.29 is 28.8 Å². The maximum Gasteiger partial charge on any atom is 0.320 e. The van der Waals surface area contributed by atoms with Gasteiger partial charge in [-0.05, 0) is 20.6 Å². The van der Waals surface area contributed by atoms with Crippen LogP contribution >= 0.6 is 0 Å². The van der Waals surface area contributed by atoms with Crippen LogP contribution in [0.25, 0.3) is 0 Å². The molecule has 17 heavy (non-hydrogen) atoms. The van der Waals surface area contributed by atoms with Crippen LogP contribution < -0.4 is 5.32 Å². The van der Waals surface area contributed by atoms with E-state index in [4.69, 9.17) is 9.60 Å². The van der Waals surface area contributed by atoms with Gasteiger partial charge in [0, 0.05) is 26.1 Å². The fraction of sp³-hybridized carbons (Fsp3) is 0.800. The van der Waals surface area contributed by atoms with Crippen LogP contribution in [-0.4, -0.2) is 36.0 Å². The molecule has 0 fully saturated rings. The molecule has 0 saturated carbocycles. The first-order valence-corrected chi connectivity index (χ1v) is 4.64. The number of nitrogens with one attached hydrogen (secondary N) is 1. The van der Waals surface area contributed by atoms with Gasteiger partial charge >= 0.3 is 5.97 Å². The first-order valence-electron chi connectivity index (χ1n) is 8.14. The Balaban J connectivity index is 6.87. The van der Waals surface area contributed by atoms with Gasteiger partial charge in [0.2, 0.25) is 12.5 Å². The van der Waals surface area contributed by atoms with E-state index < -0.39 is 55.1 Å². The summed E-state index contributed by atoms with van der Waals surface area (Å²) >= 11 is 0. The zero-order chi connectivity index (χ0) is 19.6. The van der Waals surface area contributed by atoms with Gasteiger partial charge in [-0.25, -0.2) is 0 Å². The van der Waals surface area contributed by atoms with Crippen LogP contribution in [-0.2, 0) is 14.3 Å². The molecule has 0 aromatic heterocycles. The average Bonchev–Trinajstić information content (AvgIpc) is 2.31. The molecule has 0 aromatic carbocycles. The highest BCUT2D eigenvalue weighted by atomic mass is 16.6. The summed E-state index contributed by atoms with van der Waals surface area (Å²) in [6.07, 6.45) is 0. The SMILES string of the molecule is [2H]C([2H])([2H])[C@]([2H])(NC(C)=O)[C@](C[N+](=O)[O-])(C(=O)OCC)C([2H])([2H])[2H]. The third kappa shape index (κ3) is 4.38. The van der Waals surface area contributed by atoms with E-state index >= 15 is 0 Å². The summed E-state index contributed by atoms with van der Waals surface area (Å²) in [4.78, 5) is 33.4. The number of esters is 1. The van der Waals surface area contributed by atoms with Crippen molar-refractivity contribution in [1.82, 2.24) is 5.32 Å². The number of hydrogen-bond acceptors (Lipinski definition) is 5. The zero-order valence-corrected chi connectivity index (χ0v) is 9.40. The molecule has 0 radical (unpaired) electrons. The molecule has 0 aliphatic heterocycles. The van der Waals surface area contributed by atoms with E-state index in [0.29, 0.717) is 0 Å². The van der Waals surface area contributed by atoms with E-state index in [1.165, 1.54) is 6.92 Å². The van der Waals surface area contributed by atoms with E-state index in [0.717, 1.165) is 6.92 Å². The van der Waals surface area contributed by atoms with Crippen molar-refractivity contribution in [3.8, 4) is 0 Å². The number of nitrogens with zero attached hydrogens (tertiary/aromatic N) is 1. The molecule has 0 unspecified atom stereocenters. The second kappa shape index (κ2) is 6.17. The summed E-state index contributed by atoms with van der Waals surface area (Å²) in [6.45, 7) is -7.32. The van der Waals surface area contributed by atoms with Crippen LogP contribution in [0.15, 0.2) is 0 Å². The second-order valence-corrected chi connectivity index (χ2v) is 3.17. The van der Waals surface area contributed by atoms with Crippen molar-refractivity contribution >= 4 is 11.9 Å². The molecular formula is C10H18N2O5. The monoisotopic (exact) mass is 253 g/mol. The summed E-state index contributed by atoms with van der Waals surface area (Å²) < 4.78 is 57.5. The van der Waals surface area contributed by atoms with Gasteiger partial charge in [0.15, 0.2) is 0 Å². The van der Waals surface area contributed by atoms with E-state index in [2.05, 4.69) is 4.74 Å². The van der Waals surface area contributed by atoms with Crippen LogP contribution in [0.5, 0.6) is 0 Å². The molecule has 1 amide bonds. The van der Waals surface area contributed by atoms with E-state index in [9.17, 15) is 19.7 Å². The molecule has 7 heteroatoms. The highest BCUT2D eigenvalue weighted by Gasteiger charge is 2.45. The molecule has 0 saturated heterocycles. The molecule has 0 heterocycles. The minimum Gasteiger partial charge on any atom is -0.465 e. The van der Waals surface area contributed by atoms with Crippen molar-refractivity contribution in [2.24, 2.45) is 5.41 Å². The maximum absolute atomic E-state index is 12.3. The summed E-state index contributed by atoms with van der Waals surface area (Å²) in [5.74, 6) is -2.93. The Labute approximate surface area is 109 Å². The maximum atomic E-state index is 12.3. The van der Waals surface area contributed by atoms with E-state index in [1.807, 2.05) is 0 Å². The van der Waals surface area contributed by atoms with Crippen LogP contribution in [0.4, 0.5) is 0 Å². The Kier molecular flexibility index (Phi) is 2.51. The molecule has 0 aliphatic carbocycles. The third-order valence-electron chi connectivity index (χ3n) is 1.72. The molecule has 0 spiro atoms. The first kappa shape index (κ1) is 6.93. The molecule has 2 atom stereocenters. The van der Waals surface area contributed by atoms with Gasteiger partial charge in [-0.15, -0.1) is 0 Å². The molecule has 1 N–H and O–H groups in total. The Morgan fingerprint density at radius 1 is 1.71 bits per heavy atom. The van der Waals surface area contributed by atoms with Gasteiger partial charge in [0.1, 0.15) is 5.41 Å². The lowest BCUT2D eigenvalue weighted by Crippen LogP contribution is -2.52. The van der Waals surface area contributed by atoms with E-state index in [1.54, 1.807) is 5.32 Å². The lowest BCUT2D eigenvalue weighted by atomic mass is 9.83. The molecule has 0 aromatic rings. The molecule has 7 nitrogen and oxygen atoms in total. The fourth-order valence-corrected chi connectivity index (χ4v) is 0.976. The Morgan fingerprint density at radius 3 is 2.71 bits per heavy atom. The fourth-order valence-electron chi connectivity index (χ4n) is 0.976. The van der Waals surface area contributed by atoms with Gasteiger partial charge in [-0.3, -0.25) is 19.7 Å². The predicted octanol–water partition coefficient (Wildman–Crippen LogP) is 0.357. The van der Waals surface area contributed by atoms with E-state index in [-0.39, 0.29) is 0 Å². The topological polar surface area (TPSA) is 98.5 Å². The Hall–Kier alpha value is -1.66. The lowest BCUT2D eigenvalue weighted by Gasteiger charge is -2.29. The molecule has 0 aliphatic rings. The second-order valence-electron chi connectivity index (χ2n) is 3.17. The summed E-state index contributed by atoms with van der Waals surface area (Å²) in [5, 5.41) is 12.6. The summed E-state index contributed by atoms with van der Waals surface area (Å²) in [5.41, 5.74) is -3.45. The lowest BCUT2D eigenvalue weighted by molar-refractivity contribution is -0.494. The molecule has 0 bridgehead atoms.